The molecule has 0 aliphatic carbocycles. The van der Waals surface area contributed by atoms with Crippen molar-refractivity contribution in [3.8, 4) is 0 Å². The van der Waals surface area contributed by atoms with Gasteiger partial charge in [0.25, 0.3) is 5.91 Å². The van der Waals surface area contributed by atoms with Gasteiger partial charge >= 0.3 is 0 Å². The fourth-order valence-electron chi connectivity index (χ4n) is 3.06. The van der Waals surface area contributed by atoms with Crippen LogP contribution in [0.2, 0.25) is 0 Å². The van der Waals surface area contributed by atoms with Crippen molar-refractivity contribution in [1.29, 1.82) is 0 Å². The molecule has 4 heterocycles. The molecule has 1 amide bonds. The van der Waals surface area contributed by atoms with Crippen molar-refractivity contribution in [2.24, 2.45) is 0 Å². The largest absolute Gasteiger partial charge is 0.389 e. The van der Waals surface area contributed by atoms with Crippen LogP contribution in [0.5, 0.6) is 0 Å². The van der Waals surface area contributed by atoms with Gasteiger partial charge in [-0.3, -0.25) is 9.78 Å². The highest BCUT2D eigenvalue weighted by Crippen LogP contribution is 2.28. The number of carbonyl (C=O) groups is 1. The van der Waals surface area contributed by atoms with Gasteiger partial charge in [-0.05, 0) is 30.0 Å². The molecule has 2 atom stereocenters. The zero-order valence-corrected chi connectivity index (χ0v) is 14.2. The normalized spacial score (nSPS) is 20.6. The van der Waals surface area contributed by atoms with Crippen LogP contribution in [0.1, 0.15) is 16.9 Å². The number of thiophene rings is 1. The summed E-state index contributed by atoms with van der Waals surface area (Å²) in [6, 6.07) is 6.88. The Hall–Kier alpha value is -2.58. The summed E-state index contributed by atoms with van der Waals surface area (Å²) in [7, 11) is 0. The topological polar surface area (TPSA) is 91.2 Å². The first kappa shape index (κ1) is 15.9. The van der Waals surface area contributed by atoms with Gasteiger partial charge < -0.3 is 15.3 Å². The van der Waals surface area contributed by atoms with E-state index in [2.05, 4.69) is 20.3 Å². The van der Waals surface area contributed by atoms with Gasteiger partial charge in [0.2, 0.25) is 0 Å². The first-order valence-electron chi connectivity index (χ1n) is 8.05. The van der Waals surface area contributed by atoms with E-state index >= 15 is 0 Å². The number of carbonyl (C=O) groups excluding carboxylic acids is 1. The number of nitrogens with zero attached hydrogens (tertiary/aromatic N) is 4. The number of pyridine rings is 1. The summed E-state index contributed by atoms with van der Waals surface area (Å²) in [5.74, 6) is 0.570. The Labute approximate surface area is 148 Å². The molecule has 7 nitrogen and oxygen atoms in total. The minimum absolute atomic E-state index is 0.264. The summed E-state index contributed by atoms with van der Waals surface area (Å²) in [4.78, 5) is 27.9. The standard InChI is InChI=1S/C17H17N5O2S/c23-14-9-22(15-11-5-8-25-17(11)20-10-19-15)7-4-12(14)21-16(24)13-3-1-2-6-18-13/h1-3,5-6,8,10,12,14,23H,4,7,9H2,(H,21,24). The second-order valence-electron chi connectivity index (χ2n) is 5.93. The van der Waals surface area contributed by atoms with Crippen LogP contribution in [-0.4, -0.2) is 51.2 Å². The summed E-state index contributed by atoms with van der Waals surface area (Å²) >= 11 is 1.57. The Kier molecular flexibility index (Phi) is 4.29. The van der Waals surface area contributed by atoms with Gasteiger partial charge in [-0.1, -0.05) is 6.07 Å². The van der Waals surface area contributed by atoms with Crippen molar-refractivity contribution in [2.45, 2.75) is 18.6 Å². The first-order chi connectivity index (χ1) is 12.2. The molecule has 8 heteroatoms. The lowest BCUT2D eigenvalue weighted by Crippen LogP contribution is -2.54. The van der Waals surface area contributed by atoms with Gasteiger partial charge in [-0.2, -0.15) is 0 Å². The molecule has 3 aromatic heterocycles. The van der Waals surface area contributed by atoms with Crippen LogP contribution in [0, 0.1) is 0 Å². The summed E-state index contributed by atoms with van der Waals surface area (Å²) in [5, 5.41) is 16.4. The van der Waals surface area contributed by atoms with E-state index in [1.54, 1.807) is 42.1 Å². The number of hydrogen-bond donors (Lipinski definition) is 2. The molecule has 1 saturated heterocycles. The highest BCUT2D eigenvalue weighted by atomic mass is 32.1. The first-order valence-corrected chi connectivity index (χ1v) is 8.93. The molecule has 0 spiro atoms. The highest BCUT2D eigenvalue weighted by Gasteiger charge is 2.30. The minimum atomic E-state index is -0.676. The molecule has 1 aliphatic heterocycles. The number of nitrogens with one attached hydrogen (secondary N) is 1. The molecule has 25 heavy (non-hydrogen) atoms. The van der Waals surface area contributed by atoms with Crippen molar-refractivity contribution in [3.63, 3.8) is 0 Å². The van der Waals surface area contributed by atoms with Crippen LogP contribution in [0.3, 0.4) is 0 Å². The van der Waals surface area contributed by atoms with Gasteiger partial charge in [0.1, 0.15) is 22.7 Å². The number of rotatable bonds is 3. The Balaban J connectivity index is 1.46. The number of amides is 1. The van der Waals surface area contributed by atoms with E-state index in [-0.39, 0.29) is 11.9 Å². The number of aliphatic hydroxyl groups excluding tert-OH is 1. The number of anilines is 1. The van der Waals surface area contributed by atoms with Gasteiger partial charge in [-0.15, -0.1) is 11.3 Å². The Morgan fingerprint density at radius 2 is 2.20 bits per heavy atom. The van der Waals surface area contributed by atoms with Crippen LogP contribution in [0.25, 0.3) is 10.2 Å². The summed E-state index contributed by atoms with van der Waals surface area (Å²) in [6.07, 6.45) is 3.09. The molecule has 0 bridgehead atoms. The van der Waals surface area contributed by atoms with Crippen LogP contribution >= 0.6 is 11.3 Å². The average Bonchev–Trinajstić information content (AvgIpc) is 3.13. The third kappa shape index (κ3) is 3.18. The van der Waals surface area contributed by atoms with Gasteiger partial charge in [0.05, 0.1) is 17.5 Å². The smallest absolute Gasteiger partial charge is 0.270 e. The molecule has 3 aromatic rings. The van der Waals surface area contributed by atoms with Crippen molar-refractivity contribution < 1.29 is 9.90 Å². The van der Waals surface area contributed by atoms with E-state index in [0.29, 0.717) is 25.2 Å². The zero-order valence-electron chi connectivity index (χ0n) is 13.4. The van der Waals surface area contributed by atoms with E-state index in [1.807, 2.05) is 16.3 Å². The average molecular weight is 355 g/mol. The van der Waals surface area contributed by atoms with Crippen molar-refractivity contribution in [3.05, 3.63) is 47.9 Å². The molecule has 2 unspecified atom stereocenters. The Morgan fingerprint density at radius 3 is 3.00 bits per heavy atom. The maximum Gasteiger partial charge on any atom is 0.270 e. The van der Waals surface area contributed by atoms with Crippen molar-refractivity contribution >= 4 is 33.3 Å². The quantitative estimate of drug-likeness (QED) is 0.739. The molecule has 0 radical (unpaired) electrons. The molecule has 4 rings (SSSR count). The third-order valence-electron chi connectivity index (χ3n) is 4.34. The van der Waals surface area contributed by atoms with E-state index in [1.165, 1.54) is 0 Å². The minimum Gasteiger partial charge on any atom is -0.389 e. The number of aliphatic hydroxyl groups is 1. The monoisotopic (exact) mass is 355 g/mol. The lowest BCUT2D eigenvalue weighted by Gasteiger charge is -2.37. The van der Waals surface area contributed by atoms with Crippen LogP contribution in [0.4, 0.5) is 5.82 Å². The van der Waals surface area contributed by atoms with Crippen molar-refractivity contribution in [2.75, 3.05) is 18.0 Å². The number of fused-ring (bicyclic) bond motifs is 1. The van der Waals surface area contributed by atoms with E-state index in [9.17, 15) is 9.90 Å². The summed E-state index contributed by atoms with van der Waals surface area (Å²) in [5.41, 5.74) is 0.355. The number of β-amino-alcohol motifs (C(OH)–C–C–N with tert-alkyl or cyclic N) is 1. The number of aromatic nitrogens is 3. The summed E-state index contributed by atoms with van der Waals surface area (Å²) in [6.45, 7) is 1.11. The SMILES string of the molecule is O=C(NC1CCN(c2ncnc3sccc23)CC1O)c1ccccn1. The third-order valence-corrected chi connectivity index (χ3v) is 5.16. The second-order valence-corrected chi connectivity index (χ2v) is 6.83. The van der Waals surface area contributed by atoms with E-state index in [0.717, 1.165) is 16.0 Å². The molecule has 0 aromatic carbocycles. The maximum atomic E-state index is 12.2. The molecular weight excluding hydrogens is 338 g/mol. The lowest BCUT2D eigenvalue weighted by atomic mass is 10.0. The van der Waals surface area contributed by atoms with E-state index in [4.69, 9.17) is 0 Å². The van der Waals surface area contributed by atoms with Gasteiger partial charge in [0, 0.05) is 19.3 Å². The Morgan fingerprint density at radius 1 is 1.28 bits per heavy atom. The molecule has 1 aliphatic rings. The maximum absolute atomic E-state index is 12.2. The fourth-order valence-corrected chi connectivity index (χ4v) is 3.79. The predicted molar refractivity (Wildman–Crippen MR) is 95.7 cm³/mol. The van der Waals surface area contributed by atoms with Crippen LogP contribution in [-0.2, 0) is 0 Å². The molecule has 0 saturated carbocycles. The van der Waals surface area contributed by atoms with E-state index < -0.39 is 6.10 Å². The second kappa shape index (κ2) is 6.73. The highest BCUT2D eigenvalue weighted by molar-refractivity contribution is 7.16. The molecule has 1 fully saturated rings. The summed E-state index contributed by atoms with van der Waals surface area (Å²) < 4.78 is 0. The predicted octanol–water partition coefficient (Wildman–Crippen LogP) is 1.46. The fraction of sp³-hybridized carbons (Fsp3) is 0.294. The molecule has 2 N–H and O–H groups in total. The van der Waals surface area contributed by atoms with Gasteiger partial charge in [0.15, 0.2) is 0 Å². The number of hydrogen-bond acceptors (Lipinski definition) is 7. The Bertz CT molecular complexity index is 885. The zero-order chi connectivity index (χ0) is 17.2. The lowest BCUT2D eigenvalue weighted by molar-refractivity contribution is 0.0793. The van der Waals surface area contributed by atoms with Gasteiger partial charge in [-0.25, -0.2) is 9.97 Å². The van der Waals surface area contributed by atoms with Crippen LogP contribution < -0.4 is 10.2 Å². The molecule has 128 valence electrons. The number of piperidine rings is 1. The van der Waals surface area contributed by atoms with Crippen molar-refractivity contribution in [1.82, 2.24) is 20.3 Å². The van der Waals surface area contributed by atoms with Crippen LogP contribution in [0.15, 0.2) is 42.2 Å². The molecular formula is C17H17N5O2S.